The minimum Gasteiger partial charge on any atom is -0.507 e. The third kappa shape index (κ3) is 6.49. The molecule has 1 heterocycles. The monoisotopic (exact) mass is 490 g/mol. The second-order valence-electron chi connectivity index (χ2n) is 7.83. The van der Waals surface area contributed by atoms with Gasteiger partial charge in [-0.1, -0.05) is 31.2 Å². The van der Waals surface area contributed by atoms with E-state index in [9.17, 15) is 24.9 Å². The van der Waals surface area contributed by atoms with Crippen molar-refractivity contribution in [3.05, 3.63) is 59.7 Å². The highest BCUT2D eigenvalue weighted by Gasteiger charge is 2.50. The maximum atomic E-state index is 12.9. The van der Waals surface area contributed by atoms with Crippen LogP contribution in [0.15, 0.2) is 48.5 Å². The molecule has 3 rings (SSSR count). The number of hydrogen-bond acceptors (Lipinski definition) is 10. The molecule has 2 aromatic carbocycles. The molecule has 3 N–H and O–H groups in total. The number of phenolic OH excluding ortho intramolecular Hbond substituents is 2. The van der Waals surface area contributed by atoms with Crippen molar-refractivity contribution in [2.75, 3.05) is 19.8 Å². The lowest BCUT2D eigenvalue weighted by Gasteiger charge is -2.27. The van der Waals surface area contributed by atoms with E-state index in [-0.39, 0.29) is 35.8 Å². The van der Waals surface area contributed by atoms with E-state index in [2.05, 4.69) is 0 Å². The lowest BCUT2D eigenvalue weighted by Crippen LogP contribution is -2.45. The molecule has 0 aromatic heterocycles. The SMILES string of the molecule is CCCO[C@H]1[C@H](O)[C@@H](OCC)O[C@H]1[C@@H](COC(=O)c1ccccc1O)OC(=O)c1ccccc1O. The van der Waals surface area contributed by atoms with Gasteiger partial charge in [0.1, 0.15) is 47.5 Å². The molecule has 0 bridgehead atoms. The highest BCUT2D eigenvalue weighted by molar-refractivity contribution is 5.93. The second kappa shape index (κ2) is 12.5. The molecule has 0 saturated carbocycles. The number of hydrogen-bond donors (Lipinski definition) is 3. The van der Waals surface area contributed by atoms with Crippen molar-refractivity contribution in [1.29, 1.82) is 0 Å². The van der Waals surface area contributed by atoms with Crippen LogP contribution in [-0.4, -0.2) is 77.8 Å². The standard InChI is InChI=1S/C25H30O10/c1-3-13-32-22-20(28)25(31-4-2)35-21(22)19(34-24(30)16-10-6-8-12-18(16)27)14-33-23(29)15-9-5-7-11-17(15)26/h5-12,19-22,25-28H,3-4,13-14H2,1-2H3/t19-,20+,21+,22+,25+/m1/s1. The van der Waals surface area contributed by atoms with Crippen molar-refractivity contribution in [2.24, 2.45) is 0 Å². The molecule has 0 amide bonds. The number of carbonyl (C=O) groups is 2. The first-order chi connectivity index (χ1) is 16.9. The largest absolute Gasteiger partial charge is 0.507 e. The van der Waals surface area contributed by atoms with Gasteiger partial charge in [-0.3, -0.25) is 0 Å². The van der Waals surface area contributed by atoms with Crippen LogP contribution in [0.25, 0.3) is 0 Å². The summed E-state index contributed by atoms with van der Waals surface area (Å²) in [4.78, 5) is 25.4. The van der Waals surface area contributed by atoms with E-state index >= 15 is 0 Å². The highest BCUT2D eigenvalue weighted by atomic mass is 16.7. The molecule has 10 heteroatoms. The van der Waals surface area contributed by atoms with Gasteiger partial charge in [-0.25, -0.2) is 9.59 Å². The Balaban J connectivity index is 1.85. The van der Waals surface area contributed by atoms with Gasteiger partial charge in [-0.15, -0.1) is 0 Å². The Morgan fingerprint density at radius 1 is 0.943 bits per heavy atom. The Morgan fingerprint density at radius 3 is 2.11 bits per heavy atom. The van der Waals surface area contributed by atoms with Crippen molar-refractivity contribution in [3.8, 4) is 11.5 Å². The first-order valence-corrected chi connectivity index (χ1v) is 11.4. The van der Waals surface area contributed by atoms with Crippen molar-refractivity contribution < 1.29 is 48.6 Å². The summed E-state index contributed by atoms with van der Waals surface area (Å²) in [6, 6.07) is 11.6. The summed E-state index contributed by atoms with van der Waals surface area (Å²) in [5.74, 6) is -2.30. The summed E-state index contributed by atoms with van der Waals surface area (Å²) in [5.41, 5.74) is -0.174. The first kappa shape index (κ1) is 26.4. The van der Waals surface area contributed by atoms with Crippen LogP contribution in [0.2, 0.25) is 0 Å². The zero-order valence-electron chi connectivity index (χ0n) is 19.5. The smallest absolute Gasteiger partial charge is 0.342 e. The van der Waals surface area contributed by atoms with Crippen LogP contribution in [0.5, 0.6) is 11.5 Å². The molecular formula is C25H30O10. The molecule has 190 valence electrons. The number of aromatic hydroxyl groups is 2. The van der Waals surface area contributed by atoms with Crippen LogP contribution < -0.4 is 0 Å². The van der Waals surface area contributed by atoms with E-state index in [1.54, 1.807) is 31.2 Å². The molecule has 10 nitrogen and oxygen atoms in total. The van der Waals surface area contributed by atoms with Gasteiger partial charge in [0.15, 0.2) is 12.4 Å². The number of carbonyl (C=O) groups excluding carboxylic acids is 2. The molecule has 1 fully saturated rings. The summed E-state index contributed by atoms with van der Waals surface area (Å²) in [7, 11) is 0. The maximum Gasteiger partial charge on any atom is 0.342 e. The molecule has 1 aliphatic rings. The molecule has 1 aliphatic heterocycles. The molecular weight excluding hydrogens is 460 g/mol. The summed E-state index contributed by atoms with van der Waals surface area (Å²) in [6.45, 7) is 3.68. The van der Waals surface area contributed by atoms with Crippen molar-refractivity contribution in [1.82, 2.24) is 0 Å². The predicted molar refractivity (Wildman–Crippen MR) is 122 cm³/mol. The number of esters is 2. The molecule has 1 saturated heterocycles. The average Bonchev–Trinajstić information content (AvgIpc) is 3.15. The third-order valence-electron chi connectivity index (χ3n) is 5.33. The Hall–Kier alpha value is -3.18. The van der Waals surface area contributed by atoms with Gasteiger partial charge < -0.3 is 39.0 Å². The topological polar surface area (TPSA) is 141 Å². The fourth-order valence-electron chi connectivity index (χ4n) is 3.64. The molecule has 0 aliphatic carbocycles. The van der Waals surface area contributed by atoms with Crippen LogP contribution in [0.1, 0.15) is 41.0 Å². The van der Waals surface area contributed by atoms with Gasteiger partial charge in [0.05, 0.1) is 0 Å². The van der Waals surface area contributed by atoms with Gasteiger partial charge in [0, 0.05) is 13.2 Å². The van der Waals surface area contributed by atoms with E-state index in [1.807, 2.05) is 6.92 Å². The van der Waals surface area contributed by atoms with E-state index in [0.29, 0.717) is 6.42 Å². The van der Waals surface area contributed by atoms with Crippen LogP contribution in [-0.2, 0) is 23.7 Å². The third-order valence-corrected chi connectivity index (χ3v) is 5.33. The molecule has 0 radical (unpaired) electrons. The Labute approximate surface area is 203 Å². The number of para-hydroxylation sites is 2. The van der Waals surface area contributed by atoms with Crippen LogP contribution >= 0.6 is 0 Å². The summed E-state index contributed by atoms with van der Waals surface area (Å²) >= 11 is 0. The average molecular weight is 491 g/mol. The first-order valence-electron chi connectivity index (χ1n) is 11.4. The minimum atomic E-state index is -1.24. The second-order valence-corrected chi connectivity index (χ2v) is 7.83. The maximum absolute atomic E-state index is 12.9. The summed E-state index contributed by atoms with van der Waals surface area (Å²) in [5, 5.41) is 30.7. The van der Waals surface area contributed by atoms with Crippen molar-refractivity contribution in [2.45, 2.75) is 51.0 Å². The molecule has 5 atom stereocenters. The zero-order chi connectivity index (χ0) is 25.4. The van der Waals surface area contributed by atoms with E-state index in [0.717, 1.165) is 0 Å². The van der Waals surface area contributed by atoms with E-state index in [1.165, 1.54) is 24.3 Å². The molecule has 2 aromatic rings. The lowest BCUT2D eigenvalue weighted by molar-refractivity contribution is -0.179. The Morgan fingerprint density at radius 2 is 1.54 bits per heavy atom. The number of benzene rings is 2. The van der Waals surface area contributed by atoms with E-state index < -0.39 is 49.3 Å². The number of aliphatic hydroxyl groups excluding tert-OH is 1. The fraction of sp³-hybridized carbons (Fsp3) is 0.440. The number of aliphatic hydroxyl groups is 1. The molecule has 0 spiro atoms. The Bertz CT molecular complexity index is 994. The van der Waals surface area contributed by atoms with Crippen molar-refractivity contribution >= 4 is 11.9 Å². The number of rotatable bonds is 11. The van der Waals surface area contributed by atoms with Crippen LogP contribution in [0.4, 0.5) is 0 Å². The lowest BCUT2D eigenvalue weighted by atomic mass is 10.1. The van der Waals surface area contributed by atoms with E-state index in [4.69, 9.17) is 23.7 Å². The summed E-state index contributed by atoms with van der Waals surface area (Å²) < 4.78 is 28.0. The quantitative estimate of drug-likeness (QED) is 0.402. The molecule has 35 heavy (non-hydrogen) atoms. The normalized spacial score (nSPS) is 22.5. The highest BCUT2D eigenvalue weighted by Crippen LogP contribution is 2.30. The van der Waals surface area contributed by atoms with Gasteiger partial charge in [-0.2, -0.15) is 0 Å². The van der Waals surface area contributed by atoms with Gasteiger partial charge in [0.25, 0.3) is 0 Å². The van der Waals surface area contributed by atoms with Crippen molar-refractivity contribution in [3.63, 3.8) is 0 Å². The number of phenols is 2. The predicted octanol–water partition coefficient (Wildman–Crippen LogP) is 2.40. The Kier molecular flexibility index (Phi) is 9.44. The zero-order valence-corrected chi connectivity index (χ0v) is 19.5. The minimum absolute atomic E-state index is 0.0726. The molecule has 0 unspecified atom stereocenters. The van der Waals surface area contributed by atoms with Crippen LogP contribution in [0, 0.1) is 0 Å². The van der Waals surface area contributed by atoms with Gasteiger partial charge in [-0.05, 0) is 37.6 Å². The van der Waals surface area contributed by atoms with Gasteiger partial charge in [0.2, 0.25) is 0 Å². The number of ether oxygens (including phenoxy) is 5. The van der Waals surface area contributed by atoms with Crippen LogP contribution in [0.3, 0.4) is 0 Å². The fourth-order valence-corrected chi connectivity index (χ4v) is 3.64. The van der Waals surface area contributed by atoms with Gasteiger partial charge >= 0.3 is 11.9 Å². The summed E-state index contributed by atoms with van der Waals surface area (Å²) in [6.07, 6.45) is -4.82.